The number of halogens is 3. The van der Waals surface area contributed by atoms with Crippen LogP contribution in [0.25, 0.3) is 0 Å². The number of nitrogens with one attached hydrogen (secondary N) is 2. The lowest BCUT2D eigenvalue weighted by Crippen LogP contribution is -2.38. The van der Waals surface area contributed by atoms with Crippen molar-refractivity contribution in [3.05, 3.63) is 35.4 Å². The van der Waals surface area contributed by atoms with Gasteiger partial charge in [-0.05, 0) is 30.5 Å². The molecule has 1 fully saturated rings. The summed E-state index contributed by atoms with van der Waals surface area (Å²) >= 11 is 0. The van der Waals surface area contributed by atoms with Crippen LogP contribution in [0.5, 0.6) is 0 Å². The number of amides is 3. The van der Waals surface area contributed by atoms with Crippen molar-refractivity contribution in [3.8, 4) is 0 Å². The zero-order chi connectivity index (χ0) is 17.6. The minimum atomic E-state index is -4.37. The molecular weight excluding hydrogens is 323 g/mol. The summed E-state index contributed by atoms with van der Waals surface area (Å²) in [6.07, 6.45) is -2.08. The van der Waals surface area contributed by atoms with Crippen LogP contribution >= 0.6 is 0 Å². The molecular formula is C16H20F3N3O2. The van der Waals surface area contributed by atoms with Gasteiger partial charge in [0, 0.05) is 32.6 Å². The molecule has 1 aromatic rings. The summed E-state index contributed by atoms with van der Waals surface area (Å²) in [5, 5.41) is 5.11. The Morgan fingerprint density at radius 3 is 2.25 bits per heavy atom. The average molecular weight is 343 g/mol. The number of carbonyl (C=O) groups excluding carboxylic acids is 2. The second kappa shape index (κ2) is 8.03. The van der Waals surface area contributed by atoms with Crippen LogP contribution in [0.4, 0.5) is 18.0 Å². The lowest BCUT2D eigenvalue weighted by molar-refractivity contribution is -0.137. The van der Waals surface area contributed by atoms with E-state index in [4.69, 9.17) is 0 Å². The van der Waals surface area contributed by atoms with E-state index in [9.17, 15) is 22.8 Å². The fraction of sp³-hybridized carbons (Fsp3) is 0.500. The second-order valence-electron chi connectivity index (χ2n) is 5.64. The molecule has 8 heteroatoms. The Labute approximate surface area is 138 Å². The molecule has 0 atom stereocenters. The predicted octanol–water partition coefficient (Wildman–Crippen LogP) is 2.52. The van der Waals surface area contributed by atoms with Crippen molar-refractivity contribution in [2.75, 3.05) is 19.6 Å². The molecule has 132 valence electrons. The molecule has 0 saturated carbocycles. The first-order valence-corrected chi connectivity index (χ1v) is 7.82. The Morgan fingerprint density at radius 1 is 1.04 bits per heavy atom. The number of benzene rings is 1. The van der Waals surface area contributed by atoms with E-state index in [1.54, 1.807) is 4.90 Å². The molecule has 1 aromatic carbocycles. The van der Waals surface area contributed by atoms with Crippen molar-refractivity contribution >= 4 is 11.9 Å². The van der Waals surface area contributed by atoms with Crippen LogP contribution in [0.3, 0.4) is 0 Å². The van der Waals surface area contributed by atoms with E-state index in [1.807, 2.05) is 0 Å². The minimum Gasteiger partial charge on any atom is -0.343 e. The van der Waals surface area contributed by atoms with Crippen LogP contribution in [-0.2, 0) is 17.5 Å². The molecule has 5 nitrogen and oxygen atoms in total. The number of hydrogen-bond acceptors (Lipinski definition) is 2. The highest BCUT2D eigenvalue weighted by Gasteiger charge is 2.29. The van der Waals surface area contributed by atoms with Gasteiger partial charge in [0.05, 0.1) is 5.56 Å². The molecule has 3 amide bonds. The maximum Gasteiger partial charge on any atom is 0.416 e. The number of rotatable bonds is 5. The molecule has 1 heterocycles. The van der Waals surface area contributed by atoms with Crippen molar-refractivity contribution in [1.82, 2.24) is 15.5 Å². The third kappa shape index (κ3) is 5.43. The van der Waals surface area contributed by atoms with Crippen LogP contribution in [0, 0.1) is 0 Å². The summed E-state index contributed by atoms with van der Waals surface area (Å²) in [5.41, 5.74) is -0.164. The summed E-state index contributed by atoms with van der Waals surface area (Å²) in [6.45, 7) is 1.90. The monoisotopic (exact) mass is 343 g/mol. The van der Waals surface area contributed by atoms with Crippen molar-refractivity contribution in [2.45, 2.75) is 32.0 Å². The lowest BCUT2D eigenvalue weighted by Gasteiger charge is -2.15. The number of likely N-dealkylation sites (tertiary alicyclic amines) is 1. The normalized spacial score (nSPS) is 14.5. The quantitative estimate of drug-likeness (QED) is 0.863. The van der Waals surface area contributed by atoms with Gasteiger partial charge in [-0.3, -0.25) is 4.79 Å². The Bertz CT molecular complexity index is 567. The van der Waals surface area contributed by atoms with Crippen molar-refractivity contribution in [1.29, 1.82) is 0 Å². The van der Waals surface area contributed by atoms with Gasteiger partial charge in [-0.25, -0.2) is 4.79 Å². The minimum absolute atomic E-state index is 0.0236. The molecule has 0 aliphatic carbocycles. The van der Waals surface area contributed by atoms with E-state index in [-0.39, 0.29) is 25.4 Å². The van der Waals surface area contributed by atoms with Gasteiger partial charge in [-0.2, -0.15) is 13.2 Å². The number of carbonyl (C=O) groups is 2. The zero-order valence-electron chi connectivity index (χ0n) is 13.2. The van der Waals surface area contributed by atoms with E-state index in [2.05, 4.69) is 10.6 Å². The van der Waals surface area contributed by atoms with Gasteiger partial charge in [0.1, 0.15) is 0 Å². The maximum absolute atomic E-state index is 12.4. The number of alkyl halides is 3. The molecule has 2 N–H and O–H groups in total. The standard InChI is InChI=1S/C16H20F3N3O2/c17-16(18,19)13-5-3-12(4-6-13)11-21-15(24)20-8-7-14(23)22-9-1-2-10-22/h3-6H,1-2,7-11H2,(H2,20,21,24). The number of nitrogens with zero attached hydrogens (tertiary/aromatic N) is 1. The van der Waals surface area contributed by atoms with Gasteiger partial charge in [-0.1, -0.05) is 12.1 Å². The fourth-order valence-electron chi connectivity index (χ4n) is 2.46. The zero-order valence-corrected chi connectivity index (χ0v) is 13.2. The van der Waals surface area contributed by atoms with E-state index >= 15 is 0 Å². The van der Waals surface area contributed by atoms with Crippen molar-refractivity contribution < 1.29 is 22.8 Å². The first kappa shape index (κ1) is 18.1. The smallest absolute Gasteiger partial charge is 0.343 e. The van der Waals surface area contributed by atoms with Crippen LogP contribution in [0.2, 0.25) is 0 Å². The molecule has 1 saturated heterocycles. The first-order valence-electron chi connectivity index (χ1n) is 7.82. The Balaban J connectivity index is 1.66. The van der Waals surface area contributed by atoms with Crippen molar-refractivity contribution in [2.24, 2.45) is 0 Å². The molecule has 1 aliphatic rings. The van der Waals surface area contributed by atoms with Crippen LogP contribution < -0.4 is 10.6 Å². The third-order valence-electron chi connectivity index (χ3n) is 3.82. The van der Waals surface area contributed by atoms with E-state index in [0.717, 1.165) is 38.1 Å². The molecule has 24 heavy (non-hydrogen) atoms. The topological polar surface area (TPSA) is 61.4 Å². The molecule has 0 bridgehead atoms. The number of urea groups is 1. The third-order valence-corrected chi connectivity index (χ3v) is 3.82. The Morgan fingerprint density at radius 2 is 1.67 bits per heavy atom. The summed E-state index contributed by atoms with van der Waals surface area (Å²) in [5.74, 6) is 0.0236. The largest absolute Gasteiger partial charge is 0.416 e. The van der Waals surface area contributed by atoms with Crippen LogP contribution in [-0.4, -0.2) is 36.5 Å². The van der Waals surface area contributed by atoms with Gasteiger partial charge < -0.3 is 15.5 Å². The van der Waals surface area contributed by atoms with Gasteiger partial charge in [0.2, 0.25) is 5.91 Å². The lowest BCUT2D eigenvalue weighted by atomic mass is 10.1. The Hall–Kier alpha value is -2.25. The van der Waals surface area contributed by atoms with Gasteiger partial charge >= 0.3 is 12.2 Å². The van der Waals surface area contributed by atoms with Crippen LogP contribution in [0.15, 0.2) is 24.3 Å². The molecule has 1 aliphatic heterocycles. The summed E-state index contributed by atoms with van der Waals surface area (Å²) in [6, 6.07) is 4.14. The van der Waals surface area contributed by atoms with Crippen LogP contribution in [0.1, 0.15) is 30.4 Å². The highest BCUT2D eigenvalue weighted by molar-refractivity contribution is 5.78. The van der Waals surface area contributed by atoms with Gasteiger partial charge in [0.15, 0.2) is 0 Å². The molecule has 2 rings (SSSR count). The highest BCUT2D eigenvalue weighted by atomic mass is 19.4. The van der Waals surface area contributed by atoms with Gasteiger partial charge in [0.25, 0.3) is 0 Å². The van der Waals surface area contributed by atoms with Gasteiger partial charge in [-0.15, -0.1) is 0 Å². The SMILES string of the molecule is O=C(NCCC(=O)N1CCCC1)NCc1ccc(C(F)(F)F)cc1. The molecule has 0 aromatic heterocycles. The van der Waals surface area contributed by atoms with E-state index < -0.39 is 17.8 Å². The number of hydrogen-bond donors (Lipinski definition) is 2. The Kier molecular flexibility index (Phi) is 6.05. The summed E-state index contributed by atoms with van der Waals surface area (Å²) < 4.78 is 37.3. The summed E-state index contributed by atoms with van der Waals surface area (Å²) in [7, 11) is 0. The molecule has 0 radical (unpaired) electrons. The molecule has 0 spiro atoms. The van der Waals surface area contributed by atoms with Crippen molar-refractivity contribution in [3.63, 3.8) is 0 Å². The van der Waals surface area contributed by atoms with E-state index in [0.29, 0.717) is 5.56 Å². The fourth-order valence-corrected chi connectivity index (χ4v) is 2.46. The predicted molar refractivity (Wildman–Crippen MR) is 82.1 cm³/mol. The summed E-state index contributed by atoms with van der Waals surface area (Å²) in [4.78, 5) is 25.2. The highest BCUT2D eigenvalue weighted by Crippen LogP contribution is 2.28. The maximum atomic E-state index is 12.4. The average Bonchev–Trinajstić information content (AvgIpc) is 3.07. The first-order chi connectivity index (χ1) is 11.4. The van der Waals surface area contributed by atoms with E-state index in [1.165, 1.54) is 12.1 Å². The molecule has 0 unspecified atom stereocenters. The second-order valence-corrected chi connectivity index (χ2v) is 5.64.